The summed E-state index contributed by atoms with van der Waals surface area (Å²) in [6.07, 6.45) is 1.43. The number of nitrogens with one attached hydrogen (secondary N) is 1. The van der Waals surface area contributed by atoms with Crippen LogP contribution >= 0.6 is 11.6 Å². The molecule has 0 aromatic heterocycles. The van der Waals surface area contributed by atoms with E-state index in [1.807, 2.05) is 12.1 Å². The molecule has 0 saturated carbocycles. The second-order valence-corrected chi connectivity index (χ2v) is 7.58. The number of methoxy groups -OCH3 is 1. The van der Waals surface area contributed by atoms with Crippen molar-refractivity contribution < 1.29 is 23.9 Å². The van der Waals surface area contributed by atoms with E-state index in [-0.39, 0.29) is 5.57 Å². The average Bonchev–Trinajstić information content (AvgIpc) is 2.82. The molecule has 4 rings (SSSR count). The maximum Gasteiger partial charge on any atom is 0.335 e. The normalized spacial score (nSPS) is 14.9. The number of anilines is 1. The van der Waals surface area contributed by atoms with Crippen molar-refractivity contribution >= 4 is 41.2 Å². The maximum atomic E-state index is 13.0. The van der Waals surface area contributed by atoms with Gasteiger partial charge in [0.1, 0.15) is 23.7 Å². The van der Waals surface area contributed by atoms with Crippen molar-refractivity contribution in [2.24, 2.45) is 0 Å². The predicted molar refractivity (Wildman–Crippen MR) is 124 cm³/mol. The molecule has 7 nitrogen and oxygen atoms in total. The van der Waals surface area contributed by atoms with Crippen molar-refractivity contribution in [1.82, 2.24) is 5.32 Å². The van der Waals surface area contributed by atoms with Gasteiger partial charge in [0, 0.05) is 5.02 Å². The molecule has 0 radical (unpaired) electrons. The molecule has 8 heteroatoms. The highest BCUT2D eigenvalue weighted by molar-refractivity contribution is 6.39. The van der Waals surface area contributed by atoms with Crippen LogP contribution in [0.3, 0.4) is 0 Å². The third-order valence-electron chi connectivity index (χ3n) is 4.94. The standard InChI is InChI=1S/C25H19ClN2O5/c1-32-20-10-4-16(5-11-20)14-22-23(29)27-25(31)28(24(22)30)19-8-12-21(13-9-19)33-15-17-2-6-18(26)7-3-17/h2-14H,15H2,1H3,(H,27,29,31). The fourth-order valence-corrected chi connectivity index (χ4v) is 3.32. The van der Waals surface area contributed by atoms with Crippen molar-refractivity contribution in [3.8, 4) is 11.5 Å². The van der Waals surface area contributed by atoms with Gasteiger partial charge in [-0.15, -0.1) is 0 Å². The van der Waals surface area contributed by atoms with E-state index in [0.717, 1.165) is 10.5 Å². The van der Waals surface area contributed by atoms with Gasteiger partial charge in [-0.1, -0.05) is 35.9 Å². The van der Waals surface area contributed by atoms with Gasteiger partial charge in [-0.3, -0.25) is 14.9 Å². The van der Waals surface area contributed by atoms with Gasteiger partial charge in [0.25, 0.3) is 11.8 Å². The zero-order valence-electron chi connectivity index (χ0n) is 17.6. The van der Waals surface area contributed by atoms with Gasteiger partial charge in [0.05, 0.1) is 12.8 Å². The molecule has 3 aromatic carbocycles. The first-order chi connectivity index (χ1) is 15.9. The van der Waals surface area contributed by atoms with Crippen LogP contribution in [0.1, 0.15) is 11.1 Å². The molecule has 4 amide bonds. The molecule has 1 aliphatic rings. The molecule has 33 heavy (non-hydrogen) atoms. The molecular formula is C25H19ClN2O5. The maximum absolute atomic E-state index is 13.0. The Bertz CT molecular complexity index is 1220. The third-order valence-corrected chi connectivity index (χ3v) is 5.19. The summed E-state index contributed by atoms with van der Waals surface area (Å²) in [5.41, 5.74) is 1.72. The first-order valence-electron chi connectivity index (χ1n) is 9.97. The van der Waals surface area contributed by atoms with Crippen molar-refractivity contribution in [2.75, 3.05) is 12.0 Å². The highest BCUT2D eigenvalue weighted by atomic mass is 35.5. The largest absolute Gasteiger partial charge is 0.497 e. The van der Waals surface area contributed by atoms with E-state index < -0.39 is 17.8 Å². The van der Waals surface area contributed by atoms with Crippen LogP contribution in [-0.2, 0) is 16.2 Å². The van der Waals surface area contributed by atoms with Crippen LogP contribution < -0.4 is 19.7 Å². The van der Waals surface area contributed by atoms with Gasteiger partial charge in [0.15, 0.2) is 0 Å². The molecule has 0 aliphatic carbocycles. The molecule has 0 spiro atoms. The highest BCUT2D eigenvalue weighted by Crippen LogP contribution is 2.25. The van der Waals surface area contributed by atoms with Crippen LogP contribution in [-0.4, -0.2) is 25.0 Å². The Kier molecular flexibility index (Phi) is 6.42. The van der Waals surface area contributed by atoms with E-state index in [2.05, 4.69) is 5.32 Å². The molecule has 166 valence electrons. The van der Waals surface area contributed by atoms with E-state index in [1.165, 1.54) is 6.08 Å². The Hall–Kier alpha value is -4.10. The van der Waals surface area contributed by atoms with Crippen molar-refractivity contribution in [3.05, 3.63) is 94.5 Å². The summed E-state index contributed by atoms with van der Waals surface area (Å²) in [5.74, 6) is -0.259. The number of benzene rings is 3. The second kappa shape index (κ2) is 9.58. The lowest BCUT2D eigenvalue weighted by Gasteiger charge is -2.26. The number of urea groups is 1. The Morgan fingerprint density at radius 1 is 0.879 bits per heavy atom. The number of carbonyl (C=O) groups is 3. The number of hydrogen-bond donors (Lipinski definition) is 1. The molecule has 0 unspecified atom stereocenters. The van der Waals surface area contributed by atoms with Crippen LogP contribution in [0.25, 0.3) is 6.08 Å². The van der Waals surface area contributed by atoms with Gasteiger partial charge in [-0.05, 0) is 65.7 Å². The lowest BCUT2D eigenvalue weighted by atomic mass is 10.1. The van der Waals surface area contributed by atoms with Gasteiger partial charge in [0.2, 0.25) is 0 Å². The molecular weight excluding hydrogens is 444 g/mol. The van der Waals surface area contributed by atoms with E-state index >= 15 is 0 Å². The summed E-state index contributed by atoms with van der Waals surface area (Å²) >= 11 is 5.88. The fourth-order valence-electron chi connectivity index (χ4n) is 3.20. The van der Waals surface area contributed by atoms with Gasteiger partial charge >= 0.3 is 6.03 Å². The lowest BCUT2D eigenvalue weighted by molar-refractivity contribution is -0.122. The molecule has 1 fully saturated rings. The Morgan fingerprint density at radius 3 is 2.15 bits per heavy atom. The van der Waals surface area contributed by atoms with Crippen molar-refractivity contribution in [1.29, 1.82) is 0 Å². The van der Waals surface area contributed by atoms with Crippen LogP contribution in [0.4, 0.5) is 10.5 Å². The molecule has 1 heterocycles. The first kappa shape index (κ1) is 22.1. The van der Waals surface area contributed by atoms with E-state index in [9.17, 15) is 14.4 Å². The van der Waals surface area contributed by atoms with E-state index in [0.29, 0.717) is 34.4 Å². The SMILES string of the molecule is COc1ccc(C=C2C(=O)NC(=O)N(c3ccc(OCc4ccc(Cl)cc4)cc3)C2=O)cc1. The second-order valence-electron chi connectivity index (χ2n) is 7.14. The molecule has 1 N–H and O–H groups in total. The number of carbonyl (C=O) groups excluding carboxylic acids is 3. The summed E-state index contributed by atoms with van der Waals surface area (Å²) in [6.45, 7) is 0.336. The Labute approximate surface area is 195 Å². The van der Waals surface area contributed by atoms with Crippen LogP contribution in [0.15, 0.2) is 78.4 Å². The highest BCUT2D eigenvalue weighted by Gasteiger charge is 2.36. The van der Waals surface area contributed by atoms with Crippen molar-refractivity contribution in [3.63, 3.8) is 0 Å². The fraction of sp³-hybridized carbons (Fsp3) is 0.0800. The quantitative estimate of drug-likeness (QED) is 0.427. The molecule has 1 aliphatic heterocycles. The average molecular weight is 463 g/mol. The number of ether oxygens (including phenoxy) is 2. The Morgan fingerprint density at radius 2 is 1.52 bits per heavy atom. The van der Waals surface area contributed by atoms with Crippen molar-refractivity contribution in [2.45, 2.75) is 6.61 Å². The number of barbiturate groups is 1. The zero-order chi connectivity index (χ0) is 23.4. The minimum atomic E-state index is -0.813. The molecule has 0 bridgehead atoms. The number of imide groups is 2. The third kappa shape index (κ3) is 5.05. The summed E-state index contributed by atoms with van der Waals surface area (Å²) in [7, 11) is 1.54. The minimum absolute atomic E-state index is 0.150. The summed E-state index contributed by atoms with van der Waals surface area (Å²) in [6, 6.07) is 19.8. The van der Waals surface area contributed by atoms with Gasteiger partial charge in [-0.25, -0.2) is 9.69 Å². The molecule has 0 atom stereocenters. The monoisotopic (exact) mass is 462 g/mol. The number of halogens is 1. The summed E-state index contributed by atoms with van der Waals surface area (Å²) in [4.78, 5) is 38.6. The molecule has 1 saturated heterocycles. The predicted octanol–water partition coefficient (Wildman–Crippen LogP) is 4.59. The number of rotatable bonds is 6. The summed E-state index contributed by atoms with van der Waals surface area (Å²) in [5, 5.41) is 2.85. The number of amides is 4. The van der Waals surface area contributed by atoms with Crippen LogP contribution in [0.5, 0.6) is 11.5 Å². The minimum Gasteiger partial charge on any atom is -0.497 e. The smallest absolute Gasteiger partial charge is 0.335 e. The van der Waals surface area contributed by atoms with Crippen LogP contribution in [0, 0.1) is 0 Å². The van der Waals surface area contributed by atoms with Crippen LogP contribution in [0.2, 0.25) is 5.02 Å². The number of hydrogen-bond acceptors (Lipinski definition) is 5. The lowest BCUT2D eigenvalue weighted by Crippen LogP contribution is -2.54. The van der Waals surface area contributed by atoms with Gasteiger partial charge < -0.3 is 9.47 Å². The Balaban J connectivity index is 1.51. The van der Waals surface area contributed by atoms with E-state index in [1.54, 1.807) is 67.8 Å². The zero-order valence-corrected chi connectivity index (χ0v) is 18.3. The summed E-state index contributed by atoms with van der Waals surface area (Å²) < 4.78 is 10.9. The first-order valence-corrected chi connectivity index (χ1v) is 10.4. The topological polar surface area (TPSA) is 84.9 Å². The number of nitrogens with zero attached hydrogens (tertiary/aromatic N) is 1. The van der Waals surface area contributed by atoms with Gasteiger partial charge in [-0.2, -0.15) is 0 Å². The van der Waals surface area contributed by atoms with E-state index in [4.69, 9.17) is 21.1 Å². The molecule has 3 aromatic rings.